The molecule has 9 heteroatoms. The molecule has 0 radical (unpaired) electrons. The van der Waals surface area contributed by atoms with E-state index in [-0.39, 0.29) is 30.7 Å². The van der Waals surface area contributed by atoms with Crippen LogP contribution in [0.25, 0.3) is 11.1 Å². The van der Waals surface area contributed by atoms with Gasteiger partial charge >= 0.3 is 11.9 Å². The van der Waals surface area contributed by atoms with E-state index < -0.39 is 24.0 Å². The van der Waals surface area contributed by atoms with Gasteiger partial charge in [-0.1, -0.05) is 49.7 Å². The van der Waals surface area contributed by atoms with Crippen molar-refractivity contribution in [2.75, 3.05) is 6.61 Å². The van der Waals surface area contributed by atoms with Gasteiger partial charge in [0.1, 0.15) is 18.1 Å². The number of ether oxygens (including phenoxy) is 1. The van der Waals surface area contributed by atoms with Crippen LogP contribution in [0.15, 0.2) is 53.1 Å². The topological polar surface area (TPSA) is 107 Å². The van der Waals surface area contributed by atoms with Gasteiger partial charge < -0.3 is 20.2 Å². The molecule has 0 spiro atoms. The Morgan fingerprint density at radius 1 is 1.20 bits per heavy atom. The van der Waals surface area contributed by atoms with E-state index in [2.05, 4.69) is 10.3 Å². The van der Waals surface area contributed by atoms with Gasteiger partial charge in [-0.3, -0.25) is 9.59 Å². The molecule has 3 aromatic rings. The van der Waals surface area contributed by atoms with Crippen LogP contribution in [-0.2, 0) is 16.0 Å². The number of oxazole rings is 1. The number of hydrogen-bond donors (Lipinski definition) is 2. The van der Waals surface area contributed by atoms with Crippen molar-refractivity contribution in [1.82, 2.24) is 10.3 Å². The number of halogens is 2. The summed E-state index contributed by atoms with van der Waals surface area (Å²) in [5.41, 5.74) is 8.60. The lowest BCUT2D eigenvalue weighted by Gasteiger charge is -2.21. The molecule has 0 saturated carbocycles. The Bertz CT molecular complexity index is 1160. The maximum absolute atomic E-state index is 14.2. The average Bonchev–Trinajstić information content (AvgIpc) is 3.32. The number of nitrogens with one attached hydrogen (secondary N) is 1. The molecular weight excluding hydrogens is 473 g/mol. The molecule has 0 aliphatic carbocycles. The minimum atomic E-state index is -0.920. The normalized spacial score (nSPS) is 12.9. The second kappa shape index (κ2) is 12.0. The summed E-state index contributed by atoms with van der Waals surface area (Å²) in [5.74, 6) is -1.38. The fourth-order valence-corrected chi connectivity index (χ4v) is 3.74. The Labute approximate surface area is 208 Å². The van der Waals surface area contributed by atoms with Crippen LogP contribution in [0.2, 0.25) is 5.02 Å². The van der Waals surface area contributed by atoms with E-state index in [1.165, 1.54) is 18.4 Å². The summed E-state index contributed by atoms with van der Waals surface area (Å²) < 4.78 is 24.6. The van der Waals surface area contributed by atoms with Crippen LogP contribution in [-0.4, -0.2) is 35.6 Å². The fraction of sp³-hybridized carbons (Fsp3) is 0.346. The molecule has 1 heterocycles. The number of carbonyl (C=O) groups excluding carboxylic acids is 2. The molecule has 0 fully saturated rings. The molecule has 1 amide bonds. The van der Waals surface area contributed by atoms with Crippen molar-refractivity contribution in [1.29, 1.82) is 0 Å². The molecular formula is C26H29ClFN3O4. The first-order valence-electron chi connectivity index (χ1n) is 11.4. The first-order chi connectivity index (χ1) is 16.7. The Morgan fingerprint density at radius 2 is 1.91 bits per heavy atom. The standard InChI is InChI=1S/C26H29ClFN3O4/c1-4-34-26(33)22(29)13-19(30-24(32)25-31-23(14-35-25)15(2)3)11-16-5-7-17(8-6-16)20-12-18(27)9-10-21(20)28/h5-10,12,14-15,19,22H,4,11,13,29H2,1-3H3,(H,30,32)/t19-,22-/m1/s1. The summed E-state index contributed by atoms with van der Waals surface area (Å²) >= 11 is 6.01. The molecule has 0 unspecified atom stereocenters. The Hall–Kier alpha value is -3.23. The Kier molecular flexibility index (Phi) is 9.01. The van der Waals surface area contributed by atoms with Gasteiger partial charge in [-0.05, 0) is 55.0 Å². The monoisotopic (exact) mass is 501 g/mol. The quantitative estimate of drug-likeness (QED) is 0.383. The lowest BCUT2D eigenvalue weighted by Crippen LogP contribution is -2.44. The van der Waals surface area contributed by atoms with Gasteiger partial charge in [-0.25, -0.2) is 9.37 Å². The molecule has 3 N–H and O–H groups in total. The Balaban J connectivity index is 1.78. The van der Waals surface area contributed by atoms with Crippen LogP contribution in [0.3, 0.4) is 0 Å². The fourth-order valence-electron chi connectivity index (χ4n) is 3.57. The van der Waals surface area contributed by atoms with Crippen molar-refractivity contribution in [3.63, 3.8) is 0 Å². The van der Waals surface area contributed by atoms with Crippen molar-refractivity contribution in [3.05, 3.63) is 76.7 Å². The van der Waals surface area contributed by atoms with E-state index in [9.17, 15) is 14.0 Å². The molecule has 186 valence electrons. The molecule has 0 saturated heterocycles. The molecule has 0 aliphatic heterocycles. The second-order valence-electron chi connectivity index (χ2n) is 8.52. The third-order valence-corrected chi connectivity index (χ3v) is 5.68. The molecule has 1 aromatic heterocycles. The van der Waals surface area contributed by atoms with Crippen LogP contribution in [0.1, 0.15) is 55.1 Å². The van der Waals surface area contributed by atoms with Crippen molar-refractivity contribution in [3.8, 4) is 11.1 Å². The number of nitrogens with two attached hydrogens (primary N) is 1. The SMILES string of the molecule is CCOC(=O)[C@H](N)C[C@@H](Cc1ccc(-c2cc(Cl)ccc2F)cc1)NC(=O)c1nc(C(C)C)co1. The van der Waals surface area contributed by atoms with Gasteiger partial charge in [-0.2, -0.15) is 0 Å². The van der Waals surface area contributed by atoms with Crippen LogP contribution in [0.5, 0.6) is 0 Å². The summed E-state index contributed by atoms with van der Waals surface area (Å²) in [7, 11) is 0. The smallest absolute Gasteiger partial charge is 0.322 e. The van der Waals surface area contributed by atoms with Crippen LogP contribution in [0.4, 0.5) is 4.39 Å². The first kappa shape index (κ1) is 26.4. The lowest BCUT2D eigenvalue weighted by molar-refractivity contribution is -0.145. The van der Waals surface area contributed by atoms with Crippen molar-refractivity contribution < 1.29 is 23.1 Å². The minimum Gasteiger partial charge on any atom is -0.465 e. The molecule has 0 bridgehead atoms. The second-order valence-corrected chi connectivity index (χ2v) is 8.96. The van der Waals surface area contributed by atoms with E-state index in [0.29, 0.717) is 28.3 Å². The number of rotatable bonds is 10. The molecule has 0 aliphatic rings. The van der Waals surface area contributed by atoms with Crippen LogP contribution >= 0.6 is 11.6 Å². The van der Waals surface area contributed by atoms with E-state index in [1.54, 1.807) is 25.1 Å². The van der Waals surface area contributed by atoms with Crippen molar-refractivity contribution in [2.45, 2.75) is 51.6 Å². The van der Waals surface area contributed by atoms with E-state index in [1.807, 2.05) is 26.0 Å². The van der Waals surface area contributed by atoms with Crippen molar-refractivity contribution >= 4 is 23.5 Å². The molecule has 2 aromatic carbocycles. The third-order valence-electron chi connectivity index (χ3n) is 5.45. The summed E-state index contributed by atoms with van der Waals surface area (Å²) in [4.78, 5) is 29.1. The number of amides is 1. The highest BCUT2D eigenvalue weighted by Gasteiger charge is 2.25. The molecule has 2 atom stereocenters. The summed E-state index contributed by atoms with van der Waals surface area (Å²) in [6.45, 7) is 5.79. The van der Waals surface area contributed by atoms with Gasteiger partial charge in [0.25, 0.3) is 5.89 Å². The van der Waals surface area contributed by atoms with E-state index in [4.69, 9.17) is 26.5 Å². The van der Waals surface area contributed by atoms with Gasteiger partial charge in [0.2, 0.25) is 0 Å². The third kappa shape index (κ3) is 7.13. The predicted octanol–water partition coefficient (Wildman–Crippen LogP) is 4.88. The Morgan fingerprint density at radius 3 is 2.54 bits per heavy atom. The number of benzene rings is 2. The van der Waals surface area contributed by atoms with E-state index >= 15 is 0 Å². The number of esters is 1. The first-order valence-corrected chi connectivity index (χ1v) is 11.8. The van der Waals surface area contributed by atoms with Gasteiger partial charge in [0, 0.05) is 16.6 Å². The summed E-state index contributed by atoms with van der Waals surface area (Å²) in [6, 6.07) is 10.2. The number of carbonyl (C=O) groups is 2. The van der Waals surface area contributed by atoms with Crippen LogP contribution in [0, 0.1) is 5.82 Å². The zero-order valence-electron chi connectivity index (χ0n) is 19.9. The number of nitrogens with zero attached hydrogens (tertiary/aromatic N) is 1. The lowest BCUT2D eigenvalue weighted by atomic mass is 9.97. The van der Waals surface area contributed by atoms with Crippen LogP contribution < -0.4 is 11.1 Å². The highest BCUT2D eigenvalue weighted by atomic mass is 35.5. The van der Waals surface area contributed by atoms with Gasteiger partial charge in [-0.15, -0.1) is 0 Å². The highest BCUT2D eigenvalue weighted by molar-refractivity contribution is 6.30. The van der Waals surface area contributed by atoms with Gasteiger partial charge in [0.15, 0.2) is 0 Å². The predicted molar refractivity (Wildman–Crippen MR) is 132 cm³/mol. The molecule has 35 heavy (non-hydrogen) atoms. The largest absolute Gasteiger partial charge is 0.465 e. The number of aromatic nitrogens is 1. The van der Waals surface area contributed by atoms with Gasteiger partial charge in [0.05, 0.1) is 12.3 Å². The highest BCUT2D eigenvalue weighted by Crippen LogP contribution is 2.26. The zero-order valence-corrected chi connectivity index (χ0v) is 20.6. The maximum atomic E-state index is 14.2. The van der Waals surface area contributed by atoms with E-state index in [0.717, 1.165) is 5.56 Å². The maximum Gasteiger partial charge on any atom is 0.322 e. The average molecular weight is 502 g/mol. The number of hydrogen-bond acceptors (Lipinski definition) is 6. The molecule has 3 rings (SSSR count). The zero-order chi connectivity index (χ0) is 25.5. The minimum absolute atomic E-state index is 0.0600. The van der Waals surface area contributed by atoms with Crippen molar-refractivity contribution in [2.24, 2.45) is 5.73 Å². The summed E-state index contributed by atoms with van der Waals surface area (Å²) in [6.07, 6.45) is 1.97. The molecule has 7 nitrogen and oxygen atoms in total. The summed E-state index contributed by atoms with van der Waals surface area (Å²) in [5, 5.41) is 3.30.